The molecule has 1 aliphatic heterocycles. The fourth-order valence-corrected chi connectivity index (χ4v) is 4.00. The van der Waals surface area contributed by atoms with Crippen LogP contribution < -0.4 is 0 Å². The molecule has 0 radical (unpaired) electrons. The maximum absolute atomic E-state index is 13.0. The number of rotatable bonds is 6. The summed E-state index contributed by atoms with van der Waals surface area (Å²) in [7, 11) is 0. The number of carbonyl (C=O) groups excluding carboxylic acids is 1. The molecule has 3 nitrogen and oxygen atoms in total. The van der Waals surface area contributed by atoms with Crippen molar-refractivity contribution in [3.8, 4) is 0 Å². The molecule has 0 saturated carbocycles. The molecule has 0 bridgehead atoms. The molecule has 2 heterocycles. The molecule has 1 aliphatic rings. The minimum Gasteiger partial charge on any atom is -0.341 e. The van der Waals surface area contributed by atoms with Crippen molar-refractivity contribution in [3.63, 3.8) is 0 Å². The van der Waals surface area contributed by atoms with Gasteiger partial charge in [0.2, 0.25) is 5.91 Å². The summed E-state index contributed by atoms with van der Waals surface area (Å²) in [4.78, 5) is 18.2. The minimum absolute atomic E-state index is 0.195. The predicted molar refractivity (Wildman–Crippen MR) is 100 cm³/mol. The van der Waals surface area contributed by atoms with E-state index in [1.165, 1.54) is 17.0 Å². The van der Waals surface area contributed by atoms with Gasteiger partial charge in [-0.2, -0.15) is 0 Å². The lowest BCUT2D eigenvalue weighted by atomic mass is 10.2. The third-order valence-electron chi connectivity index (χ3n) is 4.65. The third kappa shape index (κ3) is 5.65. The molecule has 0 spiro atoms. The summed E-state index contributed by atoms with van der Waals surface area (Å²) in [5.41, 5.74) is 1.12. The van der Waals surface area contributed by atoms with Crippen LogP contribution in [0.25, 0.3) is 0 Å². The second-order valence-electron chi connectivity index (χ2n) is 6.57. The van der Waals surface area contributed by atoms with E-state index in [1.54, 1.807) is 11.3 Å². The zero-order valence-corrected chi connectivity index (χ0v) is 15.3. The van der Waals surface area contributed by atoms with E-state index in [2.05, 4.69) is 22.4 Å². The maximum Gasteiger partial charge on any atom is 0.222 e. The van der Waals surface area contributed by atoms with Crippen LogP contribution in [0.15, 0.2) is 41.8 Å². The van der Waals surface area contributed by atoms with Crippen LogP contribution in [-0.2, 0) is 17.8 Å². The Bertz CT molecular complexity index is 657. The van der Waals surface area contributed by atoms with E-state index in [0.29, 0.717) is 6.42 Å². The average Bonchev–Trinajstić information content (AvgIpc) is 3.02. The van der Waals surface area contributed by atoms with Gasteiger partial charge < -0.3 is 4.90 Å². The first kappa shape index (κ1) is 18.1. The minimum atomic E-state index is -0.195. The van der Waals surface area contributed by atoms with Crippen LogP contribution in [0.4, 0.5) is 4.39 Å². The second kappa shape index (κ2) is 9.11. The van der Waals surface area contributed by atoms with E-state index in [-0.39, 0.29) is 11.7 Å². The highest BCUT2D eigenvalue weighted by molar-refractivity contribution is 7.09. The zero-order valence-electron chi connectivity index (χ0n) is 14.5. The van der Waals surface area contributed by atoms with Crippen molar-refractivity contribution in [1.82, 2.24) is 9.80 Å². The Balaban J connectivity index is 1.42. The van der Waals surface area contributed by atoms with Gasteiger partial charge in [0.25, 0.3) is 0 Å². The SMILES string of the molecule is O=C(CCCc1cccs1)N1CCCN(Cc2ccc(F)cc2)CC1. The van der Waals surface area contributed by atoms with E-state index in [0.717, 1.165) is 57.5 Å². The smallest absolute Gasteiger partial charge is 0.222 e. The largest absolute Gasteiger partial charge is 0.341 e. The maximum atomic E-state index is 13.0. The summed E-state index contributed by atoms with van der Waals surface area (Å²) >= 11 is 1.76. The van der Waals surface area contributed by atoms with E-state index < -0.39 is 0 Å². The highest BCUT2D eigenvalue weighted by Gasteiger charge is 2.18. The van der Waals surface area contributed by atoms with Crippen molar-refractivity contribution in [1.29, 1.82) is 0 Å². The molecule has 25 heavy (non-hydrogen) atoms. The molecule has 0 aliphatic carbocycles. The summed E-state index contributed by atoms with van der Waals surface area (Å²) in [6.45, 7) is 4.32. The lowest BCUT2D eigenvalue weighted by Crippen LogP contribution is -2.35. The van der Waals surface area contributed by atoms with Crippen molar-refractivity contribution in [2.75, 3.05) is 26.2 Å². The van der Waals surface area contributed by atoms with Gasteiger partial charge >= 0.3 is 0 Å². The molecule has 3 rings (SSSR count). The van der Waals surface area contributed by atoms with Crippen LogP contribution in [0.5, 0.6) is 0 Å². The molecule has 1 saturated heterocycles. The predicted octanol–water partition coefficient (Wildman–Crippen LogP) is 3.94. The molecule has 5 heteroatoms. The molecule has 1 fully saturated rings. The topological polar surface area (TPSA) is 23.6 Å². The fourth-order valence-electron chi connectivity index (χ4n) is 3.25. The van der Waals surface area contributed by atoms with Crippen molar-refractivity contribution >= 4 is 17.2 Å². The van der Waals surface area contributed by atoms with Gasteiger partial charge in [0.1, 0.15) is 5.82 Å². The van der Waals surface area contributed by atoms with E-state index in [1.807, 2.05) is 17.0 Å². The Morgan fingerprint density at radius 3 is 2.68 bits per heavy atom. The lowest BCUT2D eigenvalue weighted by Gasteiger charge is -2.22. The Labute approximate surface area is 153 Å². The zero-order chi connectivity index (χ0) is 17.5. The van der Waals surface area contributed by atoms with Gasteiger partial charge in [-0.15, -0.1) is 11.3 Å². The Hall–Kier alpha value is -1.72. The molecular formula is C20H25FN2OS. The quantitative estimate of drug-likeness (QED) is 0.779. The summed E-state index contributed by atoms with van der Waals surface area (Å²) < 4.78 is 13.0. The van der Waals surface area contributed by atoms with Crippen molar-refractivity contribution in [2.24, 2.45) is 0 Å². The van der Waals surface area contributed by atoms with Crippen LogP contribution in [0.2, 0.25) is 0 Å². The number of hydrogen-bond donors (Lipinski definition) is 0. The molecule has 1 amide bonds. The molecule has 134 valence electrons. The summed E-state index contributed by atoms with van der Waals surface area (Å²) in [5, 5.41) is 2.08. The van der Waals surface area contributed by atoms with Crippen LogP contribution in [0.3, 0.4) is 0 Å². The van der Waals surface area contributed by atoms with Crippen LogP contribution >= 0.6 is 11.3 Å². The molecule has 0 unspecified atom stereocenters. The highest BCUT2D eigenvalue weighted by Crippen LogP contribution is 2.14. The average molecular weight is 360 g/mol. The number of hydrogen-bond acceptors (Lipinski definition) is 3. The van der Waals surface area contributed by atoms with Gasteiger partial charge in [0.05, 0.1) is 0 Å². The van der Waals surface area contributed by atoms with Crippen LogP contribution in [0.1, 0.15) is 29.7 Å². The highest BCUT2D eigenvalue weighted by atomic mass is 32.1. The van der Waals surface area contributed by atoms with Gasteiger partial charge in [-0.25, -0.2) is 4.39 Å². The first-order valence-electron chi connectivity index (χ1n) is 8.98. The third-order valence-corrected chi connectivity index (χ3v) is 5.59. The number of benzene rings is 1. The lowest BCUT2D eigenvalue weighted by molar-refractivity contribution is -0.131. The number of nitrogens with zero attached hydrogens (tertiary/aromatic N) is 2. The Kier molecular flexibility index (Phi) is 6.59. The van der Waals surface area contributed by atoms with Gasteiger partial charge in [-0.1, -0.05) is 18.2 Å². The molecular weight excluding hydrogens is 335 g/mol. The first-order chi connectivity index (χ1) is 12.2. The number of carbonyl (C=O) groups is 1. The van der Waals surface area contributed by atoms with Crippen LogP contribution in [0, 0.1) is 5.82 Å². The summed E-state index contributed by atoms with van der Waals surface area (Å²) in [5.74, 6) is 0.0825. The van der Waals surface area contributed by atoms with Gasteiger partial charge in [0.15, 0.2) is 0 Å². The second-order valence-corrected chi connectivity index (χ2v) is 7.60. The first-order valence-corrected chi connectivity index (χ1v) is 9.85. The Morgan fingerprint density at radius 1 is 1.08 bits per heavy atom. The van der Waals surface area contributed by atoms with Crippen LogP contribution in [-0.4, -0.2) is 41.9 Å². The van der Waals surface area contributed by atoms with E-state index in [4.69, 9.17) is 0 Å². The summed E-state index contributed by atoms with van der Waals surface area (Å²) in [6, 6.07) is 10.9. The van der Waals surface area contributed by atoms with Gasteiger partial charge in [0, 0.05) is 44.0 Å². The van der Waals surface area contributed by atoms with E-state index in [9.17, 15) is 9.18 Å². The van der Waals surface area contributed by atoms with Gasteiger partial charge in [-0.05, 0) is 48.4 Å². The molecule has 0 N–H and O–H groups in total. The number of amides is 1. The molecule has 1 aromatic carbocycles. The molecule has 2 aromatic rings. The van der Waals surface area contributed by atoms with Gasteiger partial charge in [-0.3, -0.25) is 9.69 Å². The molecule has 0 atom stereocenters. The number of thiophene rings is 1. The van der Waals surface area contributed by atoms with Crippen molar-refractivity contribution in [2.45, 2.75) is 32.2 Å². The van der Waals surface area contributed by atoms with Crippen molar-refractivity contribution in [3.05, 3.63) is 58.0 Å². The van der Waals surface area contributed by atoms with Crippen molar-refractivity contribution < 1.29 is 9.18 Å². The Morgan fingerprint density at radius 2 is 1.92 bits per heavy atom. The van der Waals surface area contributed by atoms with E-state index >= 15 is 0 Å². The molecule has 1 aromatic heterocycles. The normalized spacial score (nSPS) is 16.0. The number of aryl methyl sites for hydroxylation is 1. The summed E-state index contributed by atoms with van der Waals surface area (Å²) in [6.07, 6.45) is 3.55. The fraction of sp³-hybridized carbons (Fsp3) is 0.450. The number of halogens is 1. The standard InChI is InChI=1S/C20H25FN2OS/c21-18-9-7-17(8-10-18)16-22-11-3-12-23(14-13-22)20(24)6-1-4-19-5-2-15-25-19/h2,5,7-10,15H,1,3-4,6,11-14,16H2. The monoisotopic (exact) mass is 360 g/mol.